The number of unbranched alkanes of at least 4 members (excludes halogenated alkanes) is 3. The summed E-state index contributed by atoms with van der Waals surface area (Å²) in [5.41, 5.74) is 1.89. The number of rotatable bonds is 9. The SMILES string of the molecule is CCCCC/C=C/C=N/Nc1ccc([N+](=O)[O-])cc1[N+](=O)[O-]. The minimum Gasteiger partial charge on any atom is -0.272 e. The predicted octanol–water partition coefficient (Wildman–Crippen LogP) is 4.04. The number of nitrogens with one attached hydrogen (secondary N) is 1. The molecule has 0 amide bonds. The third-order valence-corrected chi connectivity index (χ3v) is 2.84. The molecule has 0 atom stereocenters. The first-order chi connectivity index (χ1) is 10.6. The molecule has 1 N–H and O–H groups in total. The molecule has 1 aromatic carbocycles. The monoisotopic (exact) mass is 306 g/mol. The van der Waals surface area contributed by atoms with E-state index >= 15 is 0 Å². The van der Waals surface area contributed by atoms with Crippen LogP contribution in [0, 0.1) is 20.2 Å². The Balaban J connectivity index is 2.65. The van der Waals surface area contributed by atoms with Crippen LogP contribution in [0.2, 0.25) is 0 Å². The number of hydrogen-bond acceptors (Lipinski definition) is 6. The zero-order valence-electron chi connectivity index (χ0n) is 12.3. The van der Waals surface area contributed by atoms with Crippen LogP contribution in [0.1, 0.15) is 32.6 Å². The van der Waals surface area contributed by atoms with Gasteiger partial charge in [0.25, 0.3) is 5.69 Å². The van der Waals surface area contributed by atoms with E-state index in [4.69, 9.17) is 0 Å². The molecule has 0 saturated carbocycles. The van der Waals surface area contributed by atoms with Gasteiger partial charge in [0.1, 0.15) is 5.69 Å². The lowest BCUT2D eigenvalue weighted by molar-refractivity contribution is -0.393. The Kier molecular flexibility index (Phi) is 7.24. The summed E-state index contributed by atoms with van der Waals surface area (Å²) in [6, 6.07) is 3.35. The summed E-state index contributed by atoms with van der Waals surface area (Å²) < 4.78 is 0. The molecule has 1 rings (SSSR count). The van der Waals surface area contributed by atoms with Crippen LogP contribution in [0.5, 0.6) is 0 Å². The molecular weight excluding hydrogens is 288 g/mol. The molecule has 0 aliphatic heterocycles. The minimum absolute atomic E-state index is 0.103. The molecular formula is C14H18N4O4. The van der Waals surface area contributed by atoms with Crippen LogP contribution < -0.4 is 5.43 Å². The van der Waals surface area contributed by atoms with Crippen LogP contribution in [-0.4, -0.2) is 16.1 Å². The van der Waals surface area contributed by atoms with Crippen LogP contribution >= 0.6 is 0 Å². The lowest BCUT2D eigenvalue weighted by atomic mass is 10.2. The van der Waals surface area contributed by atoms with Gasteiger partial charge in [0, 0.05) is 12.3 Å². The molecule has 1 aromatic rings. The van der Waals surface area contributed by atoms with Crippen LogP contribution in [0.25, 0.3) is 0 Å². The average molecular weight is 306 g/mol. The van der Waals surface area contributed by atoms with Gasteiger partial charge in [0.05, 0.1) is 15.9 Å². The molecule has 0 radical (unpaired) electrons. The molecule has 8 nitrogen and oxygen atoms in total. The summed E-state index contributed by atoms with van der Waals surface area (Å²) in [5, 5.41) is 25.4. The van der Waals surface area contributed by atoms with Crippen LogP contribution in [0.15, 0.2) is 35.5 Å². The fourth-order valence-corrected chi connectivity index (χ4v) is 1.70. The molecule has 0 unspecified atom stereocenters. The van der Waals surface area contributed by atoms with Crippen molar-refractivity contribution in [2.75, 3.05) is 5.43 Å². The Bertz CT molecular complexity index is 584. The van der Waals surface area contributed by atoms with Crippen LogP contribution in [0.4, 0.5) is 17.1 Å². The second-order valence-electron chi connectivity index (χ2n) is 4.53. The van der Waals surface area contributed by atoms with Crippen LogP contribution in [0.3, 0.4) is 0 Å². The van der Waals surface area contributed by atoms with Gasteiger partial charge >= 0.3 is 5.69 Å². The third-order valence-electron chi connectivity index (χ3n) is 2.84. The zero-order chi connectivity index (χ0) is 16.4. The standard InChI is InChI=1S/C14H18N4O4/c1-2-3-4-5-6-7-10-15-16-13-9-8-12(17(19)20)11-14(13)18(21)22/h6-11,16H,2-5H2,1H3/b7-6+,15-10+. The fourth-order valence-electron chi connectivity index (χ4n) is 1.70. The summed E-state index contributed by atoms with van der Waals surface area (Å²) in [4.78, 5) is 20.2. The maximum atomic E-state index is 10.9. The van der Waals surface area contributed by atoms with Gasteiger partial charge in [0.2, 0.25) is 0 Å². The van der Waals surface area contributed by atoms with E-state index in [1.807, 2.05) is 6.08 Å². The van der Waals surface area contributed by atoms with Crippen molar-refractivity contribution in [3.63, 3.8) is 0 Å². The highest BCUT2D eigenvalue weighted by molar-refractivity contribution is 5.73. The maximum absolute atomic E-state index is 10.9. The molecule has 118 valence electrons. The average Bonchev–Trinajstić information content (AvgIpc) is 2.49. The van der Waals surface area contributed by atoms with Gasteiger partial charge in [-0.3, -0.25) is 25.7 Å². The summed E-state index contributed by atoms with van der Waals surface area (Å²) >= 11 is 0. The quantitative estimate of drug-likeness (QED) is 0.320. The van der Waals surface area contributed by atoms with Crippen molar-refractivity contribution < 1.29 is 9.85 Å². The van der Waals surface area contributed by atoms with Gasteiger partial charge in [-0.25, -0.2) is 0 Å². The number of nitrogens with zero attached hydrogens (tertiary/aromatic N) is 3. The molecule has 0 heterocycles. The Morgan fingerprint density at radius 3 is 2.64 bits per heavy atom. The van der Waals surface area contributed by atoms with Crippen molar-refractivity contribution in [1.29, 1.82) is 0 Å². The number of allylic oxidation sites excluding steroid dienone is 2. The molecule has 0 fully saturated rings. The van der Waals surface area contributed by atoms with E-state index < -0.39 is 15.5 Å². The van der Waals surface area contributed by atoms with E-state index in [0.717, 1.165) is 25.3 Å². The maximum Gasteiger partial charge on any atom is 0.301 e. The molecule has 0 saturated heterocycles. The zero-order valence-corrected chi connectivity index (χ0v) is 12.3. The molecule has 0 aromatic heterocycles. The highest BCUT2D eigenvalue weighted by Gasteiger charge is 2.18. The number of nitro benzene ring substituents is 2. The highest BCUT2D eigenvalue weighted by Crippen LogP contribution is 2.28. The van der Waals surface area contributed by atoms with E-state index in [9.17, 15) is 20.2 Å². The molecule has 0 bridgehead atoms. The lowest BCUT2D eigenvalue weighted by Gasteiger charge is -2.01. The topological polar surface area (TPSA) is 111 Å². The Morgan fingerprint density at radius 1 is 1.23 bits per heavy atom. The largest absolute Gasteiger partial charge is 0.301 e. The van der Waals surface area contributed by atoms with Crippen molar-refractivity contribution in [2.24, 2.45) is 5.10 Å². The Morgan fingerprint density at radius 2 is 2.00 bits per heavy atom. The van der Waals surface area contributed by atoms with Gasteiger partial charge in [-0.1, -0.05) is 25.8 Å². The molecule has 0 aliphatic carbocycles. The number of nitro groups is 2. The van der Waals surface area contributed by atoms with E-state index in [1.54, 1.807) is 6.08 Å². The van der Waals surface area contributed by atoms with E-state index in [1.165, 1.54) is 24.8 Å². The van der Waals surface area contributed by atoms with E-state index in [2.05, 4.69) is 17.5 Å². The summed E-state index contributed by atoms with van der Waals surface area (Å²) in [7, 11) is 0. The summed E-state index contributed by atoms with van der Waals surface area (Å²) in [6.45, 7) is 2.13. The number of non-ortho nitro benzene ring substituents is 1. The van der Waals surface area contributed by atoms with Crippen molar-refractivity contribution in [3.05, 3.63) is 50.6 Å². The first kappa shape index (κ1) is 17.3. The number of hydrazone groups is 1. The first-order valence-corrected chi connectivity index (χ1v) is 6.93. The smallest absolute Gasteiger partial charge is 0.272 e. The van der Waals surface area contributed by atoms with Crippen molar-refractivity contribution >= 4 is 23.3 Å². The van der Waals surface area contributed by atoms with E-state index in [0.29, 0.717) is 0 Å². The number of hydrogen-bond donors (Lipinski definition) is 1. The van der Waals surface area contributed by atoms with Gasteiger partial charge in [-0.05, 0) is 25.0 Å². The minimum atomic E-state index is -0.689. The van der Waals surface area contributed by atoms with Gasteiger partial charge in [0.15, 0.2) is 0 Å². The number of anilines is 1. The Labute approximate surface area is 127 Å². The van der Waals surface area contributed by atoms with Crippen molar-refractivity contribution in [3.8, 4) is 0 Å². The second kappa shape index (κ2) is 9.22. The molecule has 0 spiro atoms. The lowest BCUT2D eigenvalue weighted by Crippen LogP contribution is -1.98. The predicted molar refractivity (Wildman–Crippen MR) is 85.1 cm³/mol. The molecule has 0 aliphatic rings. The van der Waals surface area contributed by atoms with Gasteiger partial charge in [-0.2, -0.15) is 5.10 Å². The third kappa shape index (κ3) is 5.70. The van der Waals surface area contributed by atoms with Crippen molar-refractivity contribution in [1.82, 2.24) is 0 Å². The molecule has 22 heavy (non-hydrogen) atoms. The fraction of sp³-hybridized carbons (Fsp3) is 0.357. The van der Waals surface area contributed by atoms with Crippen LogP contribution in [-0.2, 0) is 0 Å². The van der Waals surface area contributed by atoms with Gasteiger partial charge < -0.3 is 0 Å². The summed E-state index contributed by atoms with van der Waals surface area (Å²) in [6.07, 6.45) is 9.60. The first-order valence-electron chi connectivity index (χ1n) is 6.93. The van der Waals surface area contributed by atoms with Crippen molar-refractivity contribution in [2.45, 2.75) is 32.6 Å². The number of benzene rings is 1. The normalized spacial score (nSPS) is 11.1. The Hall–Kier alpha value is -2.77. The highest BCUT2D eigenvalue weighted by atomic mass is 16.6. The van der Waals surface area contributed by atoms with E-state index in [-0.39, 0.29) is 11.4 Å². The second-order valence-corrected chi connectivity index (χ2v) is 4.53. The van der Waals surface area contributed by atoms with Gasteiger partial charge in [-0.15, -0.1) is 0 Å². The molecule has 8 heteroatoms. The summed E-state index contributed by atoms with van der Waals surface area (Å²) in [5.74, 6) is 0.